The first-order valence-electron chi connectivity index (χ1n) is 11.8. The summed E-state index contributed by atoms with van der Waals surface area (Å²) in [7, 11) is 0. The molecule has 0 heterocycles. The molecule has 0 aliphatic carbocycles. The van der Waals surface area contributed by atoms with E-state index in [2.05, 4.69) is 20.9 Å². The molecule has 0 saturated heterocycles. The van der Waals surface area contributed by atoms with Gasteiger partial charge in [0.25, 0.3) is 0 Å². The van der Waals surface area contributed by atoms with E-state index in [0.717, 1.165) is 0 Å². The summed E-state index contributed by atoms with van der Waals surface area (Å²) in [6, 6.07) is -5.19. The summed E-state index contributed by atoms with van der Waals surface area (Å²) in [6.45, 7) is 1.64. The average Bonchev–Trinajstić information content (AvgIpc) is 2.81. The number of unbranched alkanes of at least 4 members (excludes halogenated alkanes) is 1. The molecule has 5 atom stereocenters. The quantitative estimate of drug-likeness (QED) is 0.0436. The predicted molar refractivity (Wildman–Crippen MR) is 133 cm³/mol. The third kappa shape index (κ3) is 14.6. The fourth-order valence-corrected chi connectivity index (χ4v) is 3.14. The number of aliphatic carboxylic acids is 2. The first-order valence-corrected chi connectivity index (χ1v) is 11.8. The minimum absolute atomic E-state index is 0.00208. The molecule has 0 rings (SSSR count). The molecule has 16 nitrogen and oxygen atoms in total. The van der Waals surface area contributed by atoms with Gasteiger partial charge in [-0.3, -0.25) is 24.2 Å². The highest BCUT2D eigenvalue weighted by atomic mass is 16.4. The van der Waals surface area contributed by atoms with Crippen molar-refractivity contribution in [3.05, 3.63) is 0 Å². The van der Waals surface area contributed by atoms with Gasteiger partial charge in [0.15, 0.2) is 12.0 Å². The van der Waals surface area contributed by atoms with Gasteiger partial charge in [-0.15, -0.1) is 0 Å². The molecule has 0 aliphatic heterocycles. The van der Waals surface area contributed by atoms with Crippen LogP contribution in [0.5, 0.6) is 0 Å². The van der Waals surface area contributed by atoms with Crippen LogP contribution >= 0.6 is 0 Å². The van der Waals surface area contributed by atoms with Gasteiger partial charge >= 0.3 is 11.9 Å². The second-order valence-electron chi connectivity index (χ2n) is 8.46. The number of carboxylic acids is 2. The molecule has 0 spiro atoms. The van der Waals surface area contributed by atoms with Gasteiger partial charge in [-0.25, -0.2) is 4.79 Å². The summed E-state index contributed by atoms with van der Waals surface area (Å²) >= 11 is 0. The minimum atomic E-state index is -1.63. The lowest BCUT2D eigenvalue weighted by Gasteiger charge is -2.26. The number of aliphatic hydroxyl groups is 1. The molecule has 0 aromatic rings. The standard InChI is InChI=1S/C21H40N8O8/c1-11(30)16(20(36)37)29-19(35)14(6-4-10-26-21(24)25)28-18(34)13(5-2-3-9-22)27-17(33)12(23)7-8-15(31)32/h11-14,16,30H,2-10,22-23H2,1H3,(H,27,33)(H,28,34)(H,29,35)(H,31,32)(H,36,37)(H4,24,25,26). The fourth-order valence-electron chi connectivity index (χ4n) is 3.14. The zero-order valence-corrected chi connectivity index (χ0v) is 20.9. The van der Waals surface area contributed by atoms with Crippen molar-refractivity contribution in [3.63, 3.8) is 0 Å². The largest absolute Gasteiger partial charge is 0.481 e. The Morgan fingerprint density at radius 1 is 0.838 bits per heavy atom. The monoisotopic (exact) mass is 532 g/mol. The molecule has 212 valence electrons. The maximum Gasteiger partial charge on any atom is 0.328 e. The maximum atomic E-state index is 13.1. The number of nitrogens with zero attached hydrogens (tertiary/aromatic N) is 1. The van der Waals surface area contributed by atoms with Crippen molar-refractivity contribution in [2.75, 3.05) is 13.1 Å². The van der Waals surface area contributed by atoms with Crippen LogP contribution in [0.4, 0.5) is 0 Å². The number of rotatable bonds is 19. The number of nitrogens with two attached hydrogens (primary N) is 4. The summed E-state index contributed by atoms with van der Waals surface area (Å²) in [5.41, 5.74) is 21.8. The first kappa shape index (κ1) is 33.5. The number of guanidine groups is 1. The van der Waals surface area contributed by atoms with E-state index in [0.29, 0.717) is 19.4 Å². The van der Waals surface area contributed by atoms with E-state index in [1.165, 1.54) is 6.92 Å². The Morgan fingerprint density at radius 3 is 1.86 bits per heavy atom. The highest BCUT2D eigenvalue weighted by Crippen LogP contribution is 2.07. The number of carbonyl (C=O) groups is 5. The topological polar surface area (TPSA) is 299 Å². The lowest BCUT2D eigenvalue weighted by molar-refractivity contribution is -0.145. The Labute approximate surface area is 214 Å². The van der Waals surface area contributed by atoms with Gasteiger partial charge in [-0.2, -0.15) is 0 Å². The van der Waals surface area contributed by atoms with Crippen molar-refractivity contribution in [2.24, 2.45) is 27.9 Å². The lowest BCUT2D eigenvalue weighted by Crippen LogP contribution is -2.58. The number of aliphatic imine (C=N–C) groups is 1. The number of carbonyl (C=O) groups excluding carboxylic acids is 3. The highest BCUT2D eigenvalue weighted by molar-refractivity contribution is 5.94. The van der Waals surface area contributed by atoms with Crippen LogP contribution in [0.25, 0.3) is 0 Å². The summed E-state index contributed by atoms with van der Waals surface area (Å²) in [6.07, 6.45) is -0.543. The number of hydrogen-bond acceptors (Lipinski definition) is 9. The normalized spacial score (nSPS) is 14.8. The second-order valence-corrected chi connectivity index (χ2v) is 8.46. The van der Waals surface area contributed by atoms with E-state index >= 15 is 0 Å². The van der Waals surface area contributed by atoms with Crippen LogP contribution < -0.4 is 38.9 Å². The van der Waals surface area contributed by atoms with E-state index in [1.54, 1.807) is 0 Å². The third-order valence-corrected chi connectivity index (χ3v) is 5.21. The molecule has 0 fully saturated rings. The van der Waals surface area contributed by atoms with Crippen LogP contribution in [-0.4, -0.2) is 94.3 Å². The summed E-state index contributed by atoms with van der Waals surface area (Å²) in [4.78, 5) is 64.3. The maximum absolute atomic E-state index is 13.1. The molecule has 5 unspecified atom stereocenters. The Bertz CT molecular complexity index is 803. The fraction of sp³-hybridized carbons (Fsp3) is 0.714. The Morgan fingerprint density at radius 2 is 1.38 bits per heavy atom. The molecule has 0 aromatic carbocycles. The van der Waals surface area contributed by atoms with Crippen molar-refractivity contribution >= 4 is 35.6 Å². The lowest BCUT2D eigenvalue weighted by atomic mass is 10.0. The van der Waals surface area contributed by atoms with E-state index in [4.69, 9.17) is 28.0 Å². The van der Waals surface area contributed by atoms with Crippen LogP contribution in [0.1, 0.15) is 51.9 Å². The van der Waals surface area contributed by atoms with Crippen LogP contribution in [0.2, 0.25) is 0 Å². The third-order valence-electron chi connectivity index (χ3n) is 5.21. The van der Waals surface area contributed by atoms with Crippen molar-refractivity contribution in [3.8, 4) is 0 Å². The zero-order chi connectivity index (χ0) is 28.5. The molecule has 0 aromatic heterocycles. The van der Waals surface area contributed by atoms with Gasteiger partial charge in [0.05, 0.1) is 12.1 Å². The molecule has 0 radical (unpaired) electrons. The van der Waals surface area contributed by atoms with Crippen molar-refractivity contribution < 1.29 is 39.3 Å². The summed E-state index contributed by atoms with van der Waals surface area (Å²) in [5, 5.41) is 34.9. The second kappa shape index (κ2) is 17.9. The van der Waals surface area contributed by atoms with Crippen molar-refractivity contribution in [1.82, 2.24) is 16.0 Å². The van der Waals surface area contributed by atoms with Gasteiger partial charge < -0.3 is 54.2 Å². The van der Waals surface area contributed by atoms with E-state index in [9.17, 15) is 34.2 Å². The molecule has 3 amide bonds. The molecule has 0 aliphatic rings. The van der Waals surface area contributed by atoms with E-state index in [-0.39, 0.29) is 44.6 Å². The molecule has 16 heteroatoms. The van der Waals surface area contributed by atoms with Crippen LogP contribution in [-0.2, 0) is 24.0 Å². The van der Waals surface area contributed by atoms with Crippen LogP contribution in [0.3, 0.4) is 0 Å². The Hall–Kier alpha value is -3.50. The Balaban J connectivity index is 5.62. The van der Waals surface area contributed by atoms with Gasteiger partial charge in [0.2, 0.25) is 17.7 Å². The van der Waals surface area contributed by atoms with Gasteiger partial charge in [0, 0.05) is 13.0 Å². The van der Waals surface area contributed by atoms with Crippen LogP contribution in [0, 0.1) is 0 Å². The molecule has 0 bridgehead atoms. The van der Waals surface area contributed by atoms with E-state index < -0.39 is 59.9 Å². The minimum Gasteiger partial charge on any atom is -0.481 e. The number of amides is 3. The smallest absolute Gasteiger partial charge is 0.328 e. The molecular weight excluding hydrogens is 492 g/mol. The summed E-state index contributed by atoms with van der Waals surface area (Å²) in [5.74, 6) is -5.16. The first-order chi connectivity index (χ1) is 17.3. The number of aliphatic hydroxyl groups excluding tert-OH is 1. The zero-order valence-electron chi connectivity index (χ0n) is 20.9. The molecule has 14 N–H and O–H groups in total. The number of hydrogen-bond donors (Lipinski definition) is 10. The van der Waals surface area contributed by atoms with Crippen molar-refractivity contribution in [1.29, 1.82) is 0 Å². The van der Waals surface area contributed by atoms with E-state index in [1.807, 2.05) is 0 Å². The average molecular weight is 533 g/mol. The molecule has 0 saturated carbocycles. The SMILES string of the molecule is CC(O)C(NC(=O)C(CCCN=C(N)N)NC(=O)C(CCCCN)NC(=O)C(N)CCC(=O)O)C(=O)O. The van der Waals surface area contributed by atoms with Crippen LogP contribution in [0.15, 0.2) is 4.99 Å². The molecular formula is C21H40N8O8. The van der Waals surface area contributed by atoms with Gasteiger partial charge in [0.1, 0.15) is 12.1 Å². The predicted octanol–water partition coefficient (Wildman–Crippen LogP) is -3.72. The van der Waals surface area contributed by atoms with Gasteiger partial charge in [-0.05, 0) is 52.0 Å². The highest BCUT2D eigenvalue weighted by Gasteiger charge is 2.31. The summed E-state index contributed by atoms with van der Waals surface area (Å²) < 4.78 is 0. The van der Waals surface area contributed by atoms with Gasteiger partial charge in [-0.1, -0.05) is 0 Å². The molecule has 37 heavy (non-hydrogen) atoms. The van der Waals surface area contributed by atoms with Crippen molar-refractivity contribution in [2.45, 2.75) is 82.1 Å². The number of nitrogens with one attached hydrogen (secondary N) is 3. The number of carboxylic acid groups (broad SMARTS) is 2. The Kier molecular flexibility index (Phi) is 16.2.